The molecule has 3 amide bonds. The molecule has 1 N–H and O–H groups in total. The molecule has 1 atom stereocenters. The lowest BCUT2D eigenvalue weighted by molar-refractivity contribution is -0.122. The third-order valence-corrected chi connectivity index (χ3v) is 7.28. The molecule has 37 heavy (non-hydrogen) atoms. The summed E-state index contributed by atoms with van der Waals surface area (Å²) in [6, 6.07) is 16.6. The number of anilines is 1. The van der Waals surface area contributed by atoms with Gasteiger partial charge in [0.05, 0.1) is 29.2 Å². The summed E-state index contributed by atoms with van der Waals surface area (Å²) in [6.07, 6.45) is 2.33. The standard InChI is InChI=1S/C28H25N3O5S/c1-2-36-28(35)18-9-11-20(12-10-18)31-25(32)16-23(26(31)33)30(27(34)24-8-5-15-37-24)14-13-19-17-29-22-7-4-3-6-21(19)22/h3-12,15,17,23,29H,2,13-14,16H2,1H3. The SMILES string of the molecule is CCOC(=O)c1ccc(N2C(=O)CC(N(CCc3c[nH]c4ccccc34)C(=O)c3cccs3)C2=O)cc1. The van der Waals surface area contributed by atoms with Crippen LogP contribution in [-0.2, 0) is 20.7 Å². The maximum atomic E-state index is 13.5. The second kappa shape index (κ2) is 10.4. The Bertz CT molecular complexity index is 1460. The monoisotopic (exact) mass is 515 g/mol. The number of fused-ring (bicyclic) bond motifs is 1. The van der Waals surface area contributed by atoms with Crippen LogP contribution in [0.3, 0.4) is 0 Å². The summed E-state index contributed by atoms with van der Waals surface area (Å²) in [4.78, 5) is 58.4. The third kappa shape index (κ3) is 4.77. The van der Waals surface area contributed by atoms with Crippen LogP contribution in [0.4, 0.5) is 5.69 Å². The number of nitrogens with zero attached hydrogens (tertiary/aromatic N) is 2. The van der Waals surface area contributed by atoms with Crippen molar-refractivity contribution in [2.45, 2.75) is 25.8 Å². The van der Waals surface area contributed by atoms with Crippen molar-refractivity contribution in [1.82, 2.24) is 9.88 Å². The number of hydrogen-bond donors (Lipinski definition) is 1. The van der Waals surface area contributed by atoms with Crippen LogP contribution in [-0.4, -0.2) is 52.8 Å². The molecule has 2 aromatic heterocycles. The predicted octanol–water partition coefficient (Wildman–Crippen LogP) is 4.42. The van der Waals surface area contributed by atoms with Gasteiger partial charge in [-0.25, -0.2) is 9.69 Å². The Hall–Kier alpha value is -4.24. The van der Waals surface area contributed by atoms with Crippen LogP contribution in [0.5, 0.6) is 0 Å². The Kier molecular flexibility index (Phi) is 6.87. The van der Waals surface area contributed by atoms with Gasteiger partial charge in [0.15, 0.2) is 0 Å². The molecule has 0 aliphatic carbocycles. The molecule has 4 aromatic rings. The molecule has 5 rings (SSSR count). The van der Waals surface area contributed by atoms with Gasteiger partial charge in [0, 0.05) is 23.6 Å². The van der Waals surface area contributed by atoms with E-state index in [4.69, 9.17) is 4.74 Å². The molecule has 9 heteroatoms. The summed E-state index contributed by atoms with van der Waals surface area (Å²) in [5, 5.41) is 2.87. The summed E-state index contributed by atoms with van der Waals surface area (Å²) in [7, 11) is 0. The van der Waals surface area contributed by atoms with Crippen LogP contribution in [0.2, 0.25) is 0 Å². The number of H-pyrrole nitrogens is 1. The van der Waals surface area contributed by atoms with Crippen molar-refractivity contribution < 1.29 is 23.9 Å². The van der Waals surface area contributed by atoms with Crippen LogP contribution in [0.15, 0.2) is 72.2 Å². The second-order valence-corrected chi connectivity index (χ2v) is 9.59. The highest BCUT2D eigenvalue weighted by molar-refractivity contribution is 7.12. The Morgan fingerprint density at radius 3 is 2.59 bits per heavy atom. The lowest BCUT2D eigenvalue weighted by Gasteiger charge is -2.27. The summed E-state index contributed by atoms with van der Waals surface area (Å²) < 4.78 is 5.00. The van der Waals surface area contributed by atoms with Crippen molar-refractivity contribution in [3.05, 3.63) is 88.2 Å². The van der Waals surface area contributed by atoms with Crippen LogP contribution < -0.4 is 4.90 Å². The molecule has 1 unspecified atom stereocenters. The molecule has 0 saturated carbocycles. The van der Waals surface area contributed by atoms with Gasteiger partial charge in [-0.2, -0.15) is 0 Å². The summed E-state index contributed by atoms with van der Waals surface area (Å²) in [6.45, 7) is 2.24. The van der Waals surface area contributed by atoms with Crippen LogP contribution in [0, 0.1) is 0 Å². The predicted molar refractivity (Wildman–Crippen MR) is 141 cm³/mol. The van der Waals surface area contributed by atoms with Gasteiger partial charge in [-0.3, -0.25) is 14.4 Å². The first-order valence-corrected chi connectivity index (χ1v) is 12.9. The van der Waals surface area contributed by atoms with Gasteiger partial charge in [0.2, 0.25) is 5.91 Å². The zero-order valence-electron chi connectivity index (χ0n) is 20.2. The van der Waals surface area contributed by atoms with Crippen molar-refractivity contribution in [2.24, 2.45) is 0 Å². The molecule has 0 spiro atoms. The Balaban J connectivity index is 1.40. The van der Waals surface area contributed by atoms with E-state index in [9.17, 15) is 19.2 Å². The maximum absolute atomic E-state index is 13.5. The van der Waals surface area contributed by atoms with E-state index in [0.717, 1.165) is 21.4 Å². The number of aromatic amines is 1. The highest BCUT2D eigenvalue weighted by Gasteiger charge is 2.44. The first kappa shape index (κ1) is 24.5. The van der Waals surface area contributed by atoms with Gasteiger partial charge in [0.25, 0.3) is 11.8 Å². The smallest absolute Gasteiger partial charge is 0.338 e. The number of amides is 3. The molecular formula is C28H25N3O5S. The minimum atomic E-state index is -0.919. The number of nitrogens with one attached hydrogen (secondary N) is 1. The number of imide groups is 1. The average molecular weight is 516 g/mol. The maximum Gasteiger partial charge on any atom is 0.338 e. The molecular weight excluding hydrogens is 490 g/mol. The van der Waals surface area contributed by atoms with Crippen molar-refractivity contribution in [2.75, 3.05) is 18.1 Å². The highest BCUT2D eigenvalue weighted by atomic mass is 32.1. The number of esters is 1. The van der Waals surface area contributed by atoms with E-state index in [1.165, 1.54) is 28.4 Å². The Morgan fingerprint density at radius 1 is 1.08 bits per heavy atom. The Morgan fingerprint density at radius 2 is 1.86 bits per heavy atom. The van der Waals surface area contributed by atoms with E-state index in [1.807, 2.05) is 35.8 Å². The number of carbonyl (C=O) groups excluding carboxylic acids is 4. The number of hydrogen-bond acceptors (Lipinski definition) is 6. The normalized spacial score (nSPS) is 15.4. The van der Waals surface area contributed by atoms with Gasteiger partial charge < -0.3 is 14.6 Å². The fourth-order valence-electron chi connectivity index (χ4n) is 4.61. The molecule has 188 valence electrons. The molecule has 2 aromatic carbocycles. The third-order valence-electron chi connectivity index (χ3n) is 6.43. The lowest BCUT2D eigenvalue weighted by atomic mass is 10.1. The van der Waals surface area contributed by atoms with Crippen molar-refractivity contribution in [1.29, 1.82) is 0 Å². The minimum absolute atomic E-state index is 0.108. The quantitative estimate of drug-likeness (QED) is 0.277. The summed E-state index contributed by atoms with van der Waals surface area (Å²) >= 11 is 1.30. The zero-order valence-corrected chi connectivity index (χ0v) is 21.0. The zero-order chi connectivity index (χ0) is 25.9. The molecule has 1 saturated heterocycles. The first-order chi connectivity index (χ1) is 18.0. The molecule has 3 heterocycles. The molecule has 1 aliphatic rings. The van der Waals surface area contributed by atoms with E-state index < -0.39 is 23.8 Å². The molecule has 0 radical (unpaired) electrons. The fraction of sp³-hybridized carbons (Fsp3) is 0.214. The fourth-order valence-corrected chi connectivity index (χ4v) is 5.29. The van der Waals surface area contributed by atoms with E-state index in [-0.39, 0.29) is 25.5 Å². The summed E-state index contributed by atoms with van der Waals surface area (Å²) in [5.41, 5.74) is 2.71. The Labute approximate surface area is 217 Å². The number of para-hydroxylation sites is 1. The second-order valence-electron chi connectivity index (χ2n) is 8.64. The van der Waals surface area contributed by atoms with E-state index in [2.05, 4.69) is 4.98 Å². The van der Waals surface area contributed by atoms with E-state index in [0.29, 0.717) is 22.5 Å². The largest absolute Gasteiger partial charge is 0.462 e. The lowest BCUT2D eigenvalue weighted by Crippen LogP contribution is -2.46. The van der Waals surface area contributed by atoms with Gasteiger partial charge in [0.1, 0.15) is 6.04 Å². The average Bonchev–Trinajstić information content (AvgIpc) is 3.65. The van der Waals surface area contributed by atoms with Gasteiger partial charge in [-0.15, -0.1) is 11.3 Å². The van der Waals surface area contributed by atoms with Crippen molar-refractivity contribution in [3.63, 3.8) is 0 Å². The number of rotatable bonds is 8. The number of benzene rings is 2. The van der Waals surface area contributed by atoms with Crippen LogP contribution in [0.1, 0.15) is 38.9 Å². The van der Waals surface area contributed by atoms with Crippen molar-refractivity contribution >= 4 is 51.6 Å². The number of carbonyl (C=O) groups is 4. The van der Waals surface area contributed by atoms with Gasteiger partial charge in [-0.05, 0) is 60.7 Å². The van der Waals surface area contributed by atoms with E-state index in [1.54, 1.807) is 31.2 Å². The number of thiophene rings is 1. The van der Waals surface area contributed by atoms with Crippen molar-refractivity contribution in [3.8, 4) is 0 Å². The number of ether oxygens (including phenoxy) is 1. The minimum Gasteiger partial charge on any atom is -0.462 e. The number of aromatic nitrogens is 1. The van der Waals surface area contributed by atoms with Gasteiger partial charge >= 0.3 is 5.97 Å². The molecule has 0 bridgehead atoms. The summed E-state index contributed by atoms with van der Waals surface area (Å²) in [5.74, 6) is -1.61. The van der Waals surface area contributed by atoms with E-state index >= 15 is 0 Å². The molecule has 1 aliphatic heterocycles. The first-order valence-electron chi connectivity index (χ1n) is 12.0. The van der Waals surface area contributed by atoms with Gasteiger partial charge in [-0.1, -0.05) is 24.3 Å². The molecule has 1 fully saturated rings. The van der Waals surface area contributed by atoms with Crippen LogP contribution >= 0.6 is 11.3 Å². The topological polar surface area (TPSA) is 99.8 Å². The highest BCUT2D eigenvalue weighted by Crippen LogP contribution is 2.28. The molecule has 8 nitrogen and oxygen atoms in total. The van der Waals surface area contributed by atoms with Crippen LogP contribution in [0.25, 0.3) is 10.9 Å².